The van der Waals surface area contributed by atoms with Gasteiger partial charge in [0.1, 0.15) is 11.6 Å². The first-order valence-corrected chi connectivity index (χ1v) is 6.77. The minimum Gasteiger partial charge on any atom is -0.497 e. The van der Waals surface area contributed by atoms with Gasteiger partial charge < -0.3 is 10.5 Å². The molecule has 2 N–H and O–H groups in total. The van der Waals surface area contributed by atoms with E-state index in [1.165, 1.54) is 17.8 Å². The molecule has 0 saturated heterocycles. The zero-order valence-electron chi connectivity index (χ0n) is 9.61. The fourth-order valence-electron chi connectivity index (χ4n) is 1.40. The molecular formula is C13H11BrFNOS. The highest BCUT2D eigenvalue weighted by Crippen LogP contribution is 2.35. The van der Waals surface area contributed by atoms with Crippen LogP contribution in [0.4, 0.5) is 10.1 Å². The minimum atomic E-state index is -0.319. The second kappa shape index (κ2) is 5.63. The van der Waals surface area contributed by atoms with E-state index < -0.39 is 0 Å². The van der Waals surface area contributed by atoms with Crippen LogP contribution < -0.4 is 10.5 Å². The Bertz CT molecular complexity index is 560. The third-order valence-corrected chi connectivity index (χ3v) is 4.03. The Balaban J connectivity index is 2.25. The maximum absolute atomic E-state index is 13.4. The Hall–Kier alpha value is -1.20. The molecule has 2 aromatic carbocycles. The second-order valence-corrected chi connectivity index (χ2v) is 5.55. The molecule has 0 heterocycles. The zero-order valence-corrected chi connectivity index (χ0v) is 12.0. The SMILES string of the molecule is COc1ccc(Sc2cc(F)c(Br)cc2N)cc1. The van der Waals surface area contributed by atoms with Gasteiger partial charge in [-0.15, -0.1) is 0 Å². The van der Waals surface area contributed by atoms with E-state index in [0.717, 1.165) is 10.6 Å². The van der Waals surface area contributed by atoms with Gasteiger partial charge >= 0.3 is 0 Å². The van der Waals surface area contributed by atoms with E-state index in [-0.39, 0.29) is 5.82 Å². The van der Waals surface area contributed by atoms with Gasteiger partial charge in [0.25, 0.3) is 0 Å². The summed E-state index contributed by atoms with van der Waals surface area (Å²) >= 11 is 4.52. The van der Waals surface area contributed by atoms with Gasteiger partial charge in [0, 0.05) is 15.5 Å². The Morgan fingerprint density at radius 1 is 1.22 bits per heavy atom. The number of hydrogen-bond acceptors (Lipinski definition) is 3. The first kappa shape index (κ1) is 13.2. The van der Waals surface area contributed by atoms with Crippen LogP contribution in [0.3, 0.4) is 0 Å². The number of benzene rings is 2. The molecule has 0 aliphatic rings. The highest BCUT2D eigenvalue weighted by Gasteiger charge is 2.07. The van der Waals surface area contributed by atoms with Gasteiger partial charge in [-0.1, -0.05) is 11.8 Å². The Morgan fingerprint density at radius 3 is 2.50 bits per heavy atom. The summed E-state index contributed by atoms with van der Waals surface area (Å²) in [7, 11) is 1.62. The molecule has 2 aromatic rings. The molecule has 0 aromatic heterocycles. The van der Waals surface area contributed by atoms with Crippen LogP contribution >= 0.6 is 27.7 Å². The maximum Gasteiger partial charge on any atom is 0.138 e. The van der Waals surface area contributed by atoms with Gasteiger partial charge in [-0.05, 0) is 52.3 Å². The molecule has 0 aliphatic carbocycles. The van der Waals surface area contributed by atoms with E-state index in [4.69, 9.17) is 10.5 Å². The first-order chi connectivity index (χ1) is 8.60. The van der Waals surface area contributed by atoms with Crippen LogP contribution in [0.5, 0.6) is 5.75 Å². The van der Waals surface area contributed by atoms with E-state index in [1.807, 2.05) is 24.3 Å². The molecule has 0 atom stereocenters. The Labute approximate surface area is 117 Å². The molecule has 18 heavy (non-hydrogen) atoms. The van der Waals surface area contributed by atoms with Crippen molar-refractivity contribution in [2.24, 2.45) is 0 Å². The summed E-state index contributed by atoms with van der Waals surface area (Å²) in [6.45, 7) is 0. The van der Waals surface area contributed by atoms with Crippen LogP contribution in [-0.2, 0) is 0 Å². The van der Waals surface area contributed by atoms with Crippen LogP contribution in [0.2, 0.25) is 0 Å². The number of nitrogens with two attached hydrogens (primary N) is 1. The highest BCUT2D eigenvalue weighted by molar-refractivity contribution is 9.10. The number of hydrogen-bond donors (Lipinski definition) is 1. The lowest BCUT2D eigenvalue weighted by molar-refractivity contribution is 0.414. The number of halogens is 2. The molecule has 0 radical (unpaired) electrons. The van der Waals surface area contributed by atoms with Crippen LogP contribution in [0.25, 0.3) is 0 Å². The van der Waals surface area contributed by atoms with Gasteiger partial charge in [-0.2, -0.15) is 0 Å². The van der Waals surface area contributed by atoms with E-state index in [9.17, 15) is 4.39 Å². The molecular weight excluding hydrogens is 317 g/mol. The fourth-order valence-corrected chi connectivity index (χ4v) is 2.63. The summed E-state index contributed by atoms with van der Waals surface area (Å²) in [5.41, 5.74) is 6.40. The molecule has 0 bridgehead atoms. The van der Waals surface area contributed by atoms with Crippen molar-refractivity contribution in [2.45, 2.75) is 9.79 Å². The van der Waals surface area contributed by atoms with E-state index in [1.54, 1.807) is 13.2 Å². The predicted molar refractivity (Wildman–Crippen MR) is 75.6 cm³/mol. The van der Waals surface area contributed by atoms with E-state index >= 15 is 0 Å². The van der Waals surface area contributed by atoms with Crippen LogP contribution in [0.15, 0.2) is 50.7 Å². The van der Waals surface area contributed by atoms with E-state index in [2.05, 4.69) is 15.9 Å². The lowest BCUT2D eigenvalue weighted by atomic mass is 10.3. The van der Waals surface area contributed by atoms with Gasteiger partial charge in [-0.25, -0.2) is 4.39 Å². The molecule has 94 valence electrons. The highest BCUT2D eigenvalue weighted by atomic mass is 79.9. The van der Waals surface area contributed by atoms with Crippen molar-refractivity contribution < 1.29 is 9.13 Å². The Morgan fingerprint density at radius 2 is 1.89 bits per heavy atom. The van der Waals surface area contributed by atoms with Crippen molar-refractivity contribution in [3.8, 4) is 5.75 Å². The molecule has 0 aliphatic heterocycles. The van der Waals surface area contributed by atoms with Crippen LogP contribution in [0.1, 0.15) is 0 Å². The zero-order chi connectivity index (χ0) is 13.1. The quantitative estimate of drug-likeness (QED) is 0.852. The fraction of sp³-hybridized carbons (Fsp3) is 0.0769. The standard InChI is InChI=1S/C13H11BrFNOS/c1-17-8-2-4-9(5-3-8)18-13-7-11(15)10(14)6-12(13)16/h2-7H,16H2,1H3. The van der Waals surface area contributed by atoms with Gasteiger partial charge in [0.15, 0.2) is 0 Å². The molecule has 2 rings (SSSR count). The predicted octanol–water partition coefficient (Wildman–Crippen LogP) is 4.33. The van der Waals surface area contributed by atoms with Crippen LogP contribution in [0, 0.1) is 5.82 Å². The number of nitrogen functional groups attached to an aromatic ring is 1. The van der Waals surface area contributed by atoms with Crippen molar-refractivity contribution in [3.05, 3.63) is 46.7 Å². The third kappa shape index (κ3) is 2.97. The third-order valence-electron chi connectivity index (χ3n) is 2.34. The lowest BCUT2D eigenvalue weighted by Gasteiger charge is -2.07. The summed E-state index contributed by atoms with van der Waals surface area (Å²) in [6.07, 6.45) is 0. The monoisotopic (exact) mass is 327 g/mol. The minimum absolute atomic E-state index is 0.319. The topological polar surface area (TPSA) is 35.2 Å². The summed E-state index contributed by atoms with van der Waals surface area (Å²) in [5.74, 6) is 0.467. The maximum atomic E-state index is 13.4. The molecule has 0 spiro atoms. The summed E-state index contributed by atoms with van der Waals surface area (Å²) in [6, 6.07) is 10.5. The van der Waals surface area contributed by atoms with Crippen molar-refractivity contribution in [2.75, 3.05) is 12.8 Å². The summed E-state index contributed by atoms with van der Waals surface area (Å²) < 4.78 is 18.9. The van der Waals surface area contributed by atoms with Crippen molar-refractivity contribution in [3.63, 3.8) is 0 Å². The number of ether oxygens (including phenoxy) is 1. The largest absolute Gasteiger partial charge is 0.497 e. The Kier molecular flexibility index (Phi) is 4.14. The van der Waals surface area contributed by atoms with Crippen molar-refractivity contribution >= 4 is 33.4 Å². The first-order valence-electron chi connectivity index (χ1n) is 5.16. The summed E-state index contributed by atoms with van der Waals surface area (Å²) in [4.78, 5) is 1.67. The number of methoxy groups -OCH3 is 1. The normalized spacial score (nSPS) is 10.4. The van der Waals surface area contributed by atoms with Crippen molar-refractivity contribution in [1.29, 1.82) is 0 Å². The average molecular weight is 328 g/mol. The molecule has 5 heteroatoms. The second-order valence-electron chi connectivity index (χ2n) is 3.58. The number of rotatable bonds is 3. The molecule has 0 saturated carbocycles. The molecule has 0 fully saturated rings. The number of anilines is 1. The molecule has 0 amide bonds. The van der Waals surface area contributed by atoms with Gasteiger partial charge in [-0.3, -0.25) is 0 Å². The lowest BCUT2D eigenvalue weighted by Crippen LogP contribution is -1.91. The smallest absolute Gasteiger partial charge is 0.138 e. The van der Waals surface area contributed by atoms with Crippen LogP contribution in [-0.4, -0.2) is 7.11 Å². The molecule has 2 nitrogen and oxygen atoms in total. The van der Waals surface area contributed by atoms with Gasteiger partial charge in [0.2, 0.25) is 0 Å². The summed E-state index contributed by atoms with van der Waals surface area (Å²) in [5, 5.41) is 0. The van der Waals surface area contributed by atoms with E-state index in [0.29, 0.717) is 15.1 Å². The molecule has 0 unspecified atom stereocenters. The van der Waals surface area contributed by atoms with Crippen molar-refractivity contribution in [1.82, 2.24) is 0 Å². The average Bonchev–Trinajstić information content (AvgIpc) is 2.37. The van der Waals surface area contributed by atoms with Gasteiger partial charge in [0.05, 0.1) is 11.6 Å².